The second kappa shape index (κ2) is 6.98. The first-order valence-corrected chi connectivity index (χ1v) is 3.61. The first kappa shape index (κ1) is 13.6. The molecule has 0 aliphatic rings. The Hall–Kier alpha value is -0.384. The predicted octanol–water partition coefficient (Wildman–Crippen LogP) is -1.98. The van der Waals surface area contributed by atoms with Crippen molar-refractivity contribution >= 4 is 5.91 Å². The van der Waals surface area contributed by atoms with Gasteiger partial charge in [-0.15, -0.1) is 0 Å². The van der Waals surface area contributed by atoms with Crippen LogP contribution < -0.4 is 61.4 Å². The molecular formula is C9H9KN2O2. The number of ether oxygens (including phenoxy) is 1. The van der Waals surface area contributed by atoms with Crippen LogP contribution in [0.5, 0.6) is 5.75 Å². The van der Waals surface area contributed by atoms with E-state index in [0.717, 1.165) is 0 Å². The average molecular weight is 216 g/mol. The van der Waals surface area contributed by atoms with E-state index in [1.54, 1.807) is 37.6 Å². The van der Waals surface area contributed by atoms with Gasteiger partial charge in [-0.05, 0) is 24.3 Å². The van der Waals surface area contributed by atoms with Gasteiger partial charge in [-0.2, -0.15) is 5.26 Å². The van der Waals surface area contributed by atoms with Crippen LogP contribution >= 0.6 is 0 Å². The van der Waals surface area contributed by atoms with Gasteiger partial charge >= 0.3 is 51.4 Å². The number of carbonyl (C=O) groups excluding carboxylic acids is 1. The van der Waals surface area contributed by atoms with Crippen LogP contribution in [-0.4, -0.2) is 13.0 Å². The number of carbonyl (C=O) groups is 1. The van der Waals surface area contributed by atoms with Gasteiger partial charge in [0.05, 0.1) is 7.11 Å². The van der Waals surface area contributed by atoms with Crippen LogP contribution in [0.25, 0.3) is 0 Å². The third-order valence-electron chi connectivity index (χ3n) is 1.52. The van der Waals surface area contributed by atoms with Crippen LogP contribution in [0.15, 0.2) is 24.3 Å². The van der Waals surface area contributed by atoms with Crippen molar-refractivity contribution in [3.63, 3.8) is 0 Å². The Labute approximate surface area is 126 Å². The van der Waals surface area contributed by atoms with Crippen molar-refractivity contribution in [1.82, 2.24) is 5.32 Å². The molecule has 5 heteroatoms. The van der Waals surface area contributed by atoms with E-state index in [1.807, 2.05) is 5.32 Å². The van der Waals surface area contributed by atoms with Gasteiger partial charge in [0.1, 0.15) is 5.75 Å². The van der Waals surface area contributed by atoms with Gasteiger partial charge in [0.2, 0.25) is 0 Å². The number of benzene rings is 1. The van der Waals surface area contributed by atoms with Gasteiger partial charge in [0.25, 0.3) is 5.91 Å². The molecule has 4 nitrogen and oxygen atoms in total. The zero-order valence-electron chi connectivity index (χ0n) is 9.07. The molecule has 0 fully saturated rings. The largest absolute Gasteiger partial charge is 1.00 e. The fraction of sp³-hybridized carbons (Fsp3) is 0.111. The van der Waals surface area contributed by atoms with E-state index in [-0.39, 0.29) is 52.8 Å². The van der Waals surface area contributed by atoms with Crippen molar-refractivity contribution in [1.29, 1.82) is 5.26 Å². The zero-order valence-corrected chi connectivity index (χ0v) is 11.2. The minimum absolute atomic E-state index is 0. The number of nitrogens with one attached hydrogen (secondary N) is 1. The molecular weight excluding hydrogens is 207 g/mol. The molecule has 0 bridgehead atoms. The van der Waals surface area contributed by atoms with E-state index in [0.29, 0.717) is 11.3 Å². The van der Waals surface area contributed by atoms with Crippen LogP contribution in [0.3, 0.4) is 0 Å². The molecule has 0 aliphatic heterocycles. The first-order chi connectivity index (χ1) is 6.27. The van der Waals surface area contributed by atoms with Crippen molar-refractivity contribution < 1.29 is 62.3 Å². The van der Waals surface area contributed by atoms with Crippen LogP contribution in [0.4, 0.5) is 0 Å². The quantitative estimate of drug-likeness (QED) is 0.354. The van der Waals surface area contributed by atoms with E-state index in [2.05, 4.69) is 0 Å². The molecule has 14 heavy (non-hydrogen) atoms. The Bertz CT molecular complexity index is 348. The summed E-state index contributed by atoms with van der Waals surface area (Å²) < 4.78 is 4.91. The fourth-order valence-corrected chi connectivity index (χ4v) is 0.865. The van der Waals surface area contributed by atoms with E-state index < -0.39 is 5.91 Å². The summed E-state index contributed by atoms with van der Waals surface area (Å²) in [4.78, 5) is 11.1. The number of methoxy groups -OCH3 is 1. The average Bonchev–Trinajstić information content (AvgIpc) is 2.18. The van der Waals surface area contributed by atoms with Gasteiger partial charge < -0.3 is 6.16 Å². The molecule has 0 atom stereocenters. The Morgan fingerprint density at radius 2 is 2.07 bits per heavy atom. The molecule has 0 heterocycles. The van der Waals surface area contributed by atoms with Crippen molar-refractivity contribution in [2.75, 3.05) is 7.11 Å². The van der Waals surface area contributed by atoms with Crippen LogP contribution in [0, 0.1) is 11.5 Å². The molecule has 0 aromatic heterocycles. The minimum atomic E-state index is -0.412. The van der Waals surface area contributed by atoms with Crippen molar-refractivity contribution in [2.45, 2.75) is 0 Å². The predicted molar refractivity (Wildman–Crippen MR) is 47.2 cm³/mol. The van der Waals surface area contributed by atoms with Crippen molar-refractivity contribution in [2.24, 2.45) is 0 Å². The van der Waals surface area contributed by atoms with E-state index >= 15 is 0 Å². The molecule has 0 unspecified atom stereocenters. The van der Waals surface area contributed by atoms with Gasteiger partial charge in [-0.25, -0.2) is 0 Å². The third-order valence-corrected chi connectivity index (χ3v) is 1.52. The topological polar surface area (TPSA) is 62.1 Å². The number of rotatable bonds is 2. The Kier molecular flexibility index (Phi) is 6.79. The van der Waals surface area contributed by atoms with Crippen LogP contribution in [0.1, 0.15) is 11.8 Å². The number of nitriles is 1. The normalized spacial score (nSPS) is 8.00. The Morgan fingerprint density at radius 3 is 2.50 bits per heavy atom. The molecule has 0 spiro atoms. The van der Waals surface area contributed by atoms with Crippen LogP contribution in [-0.2, 0) is 0 Å². The minimum Gasteiger partial charge on any atom is -1.00 e. The van der Waals surface area contributed by atoms with E-state index in [9.17, 15) is 4.79 Å². The summed E-state index contributed by atoms with van der Waals surface area (Å²) in [5.41, 5.74) is 0.433. The van der Waals surface area contributed by atoms with E-state index in [1.165, 1.54) is 0 Å². The second-order valence-corrected chi connectivity index (χ2v) is 2.29. The Morgan fingerprint density at radius 1 is 1.50 bits per heavy atom. The number of nitrogens with zero attached hydrogens (tertiary/aromatic N) is 1. The standard InChI is InChI=1S/C9H8N2O2.K.H/c1-13-8-4-2-7(3-5-8)9(12)11-6-10;;/h2-5H,1H3,(H,11,12);;/q;+1;-1. The first-order valence-electron chi connectivity index (χ1n) is 3.61. The summed E-state index contributed by atoms with van der Waals surface area (Å²) in [6, 6.07) is 6.50. The molecule has 1 amide bonds. The maximum atomic E-state index is 11.1. The van der Waals surface area contributed by atoms with Gasteiger partial charge in [0, 0.05) is 5.56 Å². The van der Waals surface area contributed by atoms with Gasteiger partial charge in [-0.3, -0.25) is 10.1 Å². The fourth-order valence-electron chi connectivity index (χ4n) is 0.865. The summed E-state index contributed by atoms with van der Waals surface area (Å²) in [6.45, 7) is 0. The molecule has 1 N–H and O–H groups in total. The molecule has 0 saturated carbocycles. The molecule has 68 valence electrons. The summed E-state index contributed by atoms with van der Waals surface area (Å²) in [7, 11) is 1.55. The van der Waals surface area contributed by atoms with Gasteiger partial charge in [-0.1, -0.05) is 0 Å². The molecule has 0 saturated heterocycles. The molecule has 0 aliphatic carbocycles. The molecule has 1 aromatic carbocycles. The maximum absolute atomic E-state index is 11.1. The summed E-state index contributed by atoms with van der Waals surface area (Å²) >= 11 is 0. The summed E-state index contributed by atoms with van der Waals surface area (Å²) in [5, 5.41) is 10.2. The molecule has 0 radical (unpaired) electrons. The monoisotopic (exact) mass is 216 g/mol. The van der Waals surface area contributed by atoms with Crippen molar-refractivity contribution in [3.05, 3.63) is 29.8 Å². The van der Waals surface area contributed by atoms with Crippen molar-refractivity contribution in [3.8, 4) is 11.9 Å². The second-order valence-electron chi connectivity index (χ2n) is 2.29. The Balaban J connectivity index is 0. The SMILES string of the molecule is COc1ccc(C(=O)NC#N)cc1.[H-].[K+]. The zero-order chi connectivity index (χ0) is 9.68. The molecule has 1 rings (SSSR count). The van der Waals surface area contributed by atoms with E-state index in [4.69, 9.17) is 10.00 Å². The summed E-state index contributed by atoms with van der Waals surface area (Å²) in [5.74, 6) is 0.263. The number of hydrogen-bond donors (Lipinski definition) is 1. The number of hydrogen-bond acceptors (Lipinski definition) is 3. The van der Waals surface area contributed by atoms with Crippen LogP contribution in [0.2, 0.25) is 0 Å². The maximum Gasteiger partial charge on any atom is 1.00 e. The smallest absolute Gasteiger partial charge is 1.00 e. The van der Waals surface area contributed by atoms with Gasteiger partial charge in [0.15, 0.2) is 6.19 Å². The third kappa shape index (κ3) is 3.78. The molecule has 1 aromatic rings. The summed E-state index contributed by atoms with van der Waals surface area (Å²) in [6.07, 6.45) is 1.56. The number of amides is 1.